The van der Waals surface area contributed by atoms with Gasteiger partial charge >= 0.3 is 13.7 Å². The van der Waals surface area contributed by atoms with Gasteiger partial charge in [-0.25, -0.2) is 4.79 Å². The molecule has 12 nitrogen and oxygen atoms in total. The van der Waals surface area contributed by atoms with E-state index in [-0.39, 0.29) is 38.1 Å². The molecule has 0 aliphatic heterocycles. The zero-order valence-electron chi connectivity index (χ0n) is 25.3. The van der Waals surface area contributed by atoms with Gasteiger partial charge in [-0.3, -0.25) is 14.2 Å². The number of ether oxygens (including phenoxy) is 1. The number of nitrogens with one attached hydrogen (secondary N) is 2. The fourth-order valence-electron chi connectivity index (χ4n) is 6.08. The summed E-state index contributed by atoms with van der Waals surface area (Å²) in [5.74, 6) is -2.89. The van der Waals surface area contributed by atoms with E-state index in [1.165, 1.54) is 32.8 Å². The highest BCUT2D eigenvalue weighted by Crippen LogP contribution is 2.57. The summed E-state index contributed by atoms with van der Waals surface area (Å²) in [4.78, 5) is 40.5. The van der Waals surface area contributed by atoms with Crippen molar-refractivity contribution in [1.29, 1.82) is 0 Å². The Kier molecular flexibility index (Phi) is 12.5. The third-order valence-electron chi connectivity index (χ3n) is 8.30. The van der Waals surface area contributed by atoms with E-state index < -0.39 is 49.5 Å². The monoisotopic (exact) mass is 645 g/mol. The molecular weight excluding hydrogens is 601 g/mol. The van der Waals surface area contributed by atoms with E-state index in [0.717, 1.165) is 32.1 Å². The summed E-state index contributed by atoms with van der Waals surface area (Å²) < 4.78 is 29.4. The molecular formula is C29H45ClN3O9P. The quantitative estimate of drug-likeness (QED) is 0.153. The van der Waals surface area contributed by atoms with Gasteiger partial charge in [0.1, 0.15) is 12.6 Å². The largest absolute Gasteiger partial charge is 0.445 e. The van der Waals surface area contributed by atoms with E-state index in [1.807, 2.05) is 0 Å². The van der Waals surface area contributed by atoms with Gasteiger partial charge in [-0.1, -0.05) is 23.7 Å². The van der Waals surface area contributed by atoms with Crippen molar-refractivity contribution in [2.75, 3.05) is 27.3 Å². The van der Waals surface area contributed by atoms with Crippen LogP contribution < -0.4 is 10.6 Å². The molecule has 2 fully saturated rings. The average molecular weight is 646 g/mol. The van der Waals surface area contributed by atoms with Crippen molar-refractivity contribution >= 4 is 37.1 Å². The molecule has 0 aromatic heterocycles. The lowest BCUT2D eigenvalue weighted by Crippen LogP contribution is -2.61. The van der Waals surface area contributed by atoms with Crippen LogP contribution in [0.1, 0.15) is 70.8 Å². The van der Waals surface area contributed by atoms with Crippen molar-refractivity contribution < 1.29 is 42.9 Å². The number of carbonyl (C=O) groups is 3. The molecule has 14 heteroatoms. The molecule has 0 saturated heterocycles. The molecule has 1 aromatic rings. The minimum atomic E-state index is -4.38. The highest BCUT2D eigenvalue weighted by molar-refractivity contribution is 7.54. The average Bonchev–Trinajstić information content (AvgIpc) is 3.55. The van der Waals surface area contributed by atoms with Crippen LogP contribution in [0.5, 0.6) is 0 Å². The van der Waals surface area contributed by atoms with Gasteiger partial charge in [-0.2, -0.15) is 0 Å². The summed E-state index contributed by atoms with van der Waals surface area (Å²) in [5, 5.41) is 28.4. The minimum Gasteiger partial charge on any atom is -0.445 e. The molecule has 43 heavy (non-hydrogen) atoms. The Labute approximate surface area is 258 Å². The molecule has 242 valence electrons. The summed E-state index contributed by atoms with van der Waals surface area (Å²) >= 11 is 6.02. The highest BCUT2D eigenvalue weighted by Gasteiger charge is 2.52. The van der Waals surface area contributed by atoms with Crippen molar-refractivity contribution in [3.63, 3.8) is 0 Å². The van der Waals surface area contributed by atoms with Crippen LogP contribution in [-0.4, -0.2) is 77.9 Å². The van der Waals surface area contributed by atoms with Gasteiger partial charge in [0.25, 0.3) is 0 Å². The number of hydrogen-bond acceptors (Lipinski definition) is 9. The molecule has 0 heterocycles. The lowest BCUT2D eigenvalue weighted by Gasteiger charge is -2.38. The van der Waals surface area contributed by atoms with Gasteiger partial charge in [-0.05, 0) is 81.4 Å². The van der Waals surface area contributed by atoms with Crippen molar-refractivity contribution in [3.05, 3.63) is 34.9 Å². The number of hydrogen-bond donors (Lipinski definition) is 4. The van der Waals surface area contributed by atoms with Crippen LogP contribution in [0.25, 0.3) is 0 Å². The zero-order valence-corrected chi connectivity index (χ0v) is 27.0. The fraction of sp³-hybridized carbons (Fsp3) is 0.690. The Morgan fingerprint density at radius 3 is 2.37 bits per heavy atom. The Balaban J connectivity index is 1.85. The number of aliphatic hydroxyl groups excluding tert-OH is 1. The predicted molar refractivity (Wildman–Crippen MR) is 160 cm³/mol. The van der Waals surface area contributed by atoms with Crippen LogP contribution in [0.4, 0.5) is 4.79 Å². The first-order chi connectivity index (χ1) is 20.2. The highest BCUT2D eigenvalue weighted by atomic mass is 35.5. The summed E-state index contributed by atoms with van der Waals surface area (Å²) in [6, 6.07) is 5.65. The van der Waals surface area contributed by atoms with Gasteiger partial charge in [0.05, 0.1) is 13.2 Å². The number of benzene rings is 1. The molecule has 0 spiro atoms. The second-order valence-corrected chi connectivity index (χ2v) is 14.2. The predicted octanol–water partition coefficient (Wildman–Crippen LogP) is 4.16. The molecule has 2 bridgehead atoms. The Hall–Kier alpha value is -2.21. The van der Waals surface area contributed by atoms with Crippen molar-refractivity contribution in [1.82, 2.24) is 15.5 Å². The van der Waals surface area contributed by atoms with E-state index in [1.54, 1.807) is 24.3 Å². The van der Waals surface area contributed by atoms with Crippen LogP contribution >= 0.6 is 19.2 Å². The van der Waals surface area contributed by atoms with Crippen LogP contribution in [-0.2, 0) is 34.5 Å². The molecule has 2 aliphatic carbocycles. The first kappa shape index (κ1) is 35.3. The smallest absolute Gasteiger partial charge is 0.408 e. The first-order valence-electron chi connectivity index (χ1n) is 14.7. The number of rotatable bonds is 16. The lowest BCUT2D eigenvalue weighted by molar-refractivity contribution is -0.143. The number of fused-ring (bicyclic) bond motifs is 2. The van der Waals surface area contributed by atoms with E-state index in [2.05, 4.69) is 10.6 Å². The van der Waals surface area contributed by atoms with E-state index >= 15 is 0 Å². The number of halogens is 1. The van der Waals surface area contributed by atoms with E-state index in [0.29, 0.717) is 16.5 Å². The number of amides is 3. The van der Waals surface area contributed by atoms with Crippen LogP contribution in [0.3, 0.4) is 0 Å². The maximum absolute atomic E-state index is 13.9. The molecule has 3 amide bonds. The van der Waals surface area contributed by atoms with Gasteiger partial charge in [0, 0.05) is 32.0 Å². The van der Waals surface area contributed by atoms with Crippen molar-refractivity contribution in [3.8, 4) is 0 Å². The Morgan fingerprint density at radius 1 is 1.19 bits per heavy atom. The van der Waals surface area contributed by atoms with Crippen LogP contribution in [0, 0.1) is 11.3 Å². The summed E-state index contributed by atoms with van der Waals surface area (Å²) in [6.07, 6.45) is 3.41. The molecule has 2 aliphatic rings. The first-order valence-corrected chi connectivity index (χ1v) is 16.7. The molecule has 3 rings (SSSR count). The number of nitrogens with zero attached hydrogens (tertiary/aromatic N) is 1. The van der Waals surface area contributed by atoms with Gasteiger partial charge in [0.2, 0.25) is 17.7 Å². The van der Waals surface area contributed by atoms with Gasteiger partial charge in [-0.15, -0.1) is 0 Å². The fourth-order valence-corrected chi connectivity index (χ4v) is 8.08. The second-order valence-electron chi connectivity index (χ2n) is 11.7. The number of carbonyl (C=O) groups excluding carboxylic acids is 3. The maximum atomic E-state index is 13.9. The summed E-state index contributed by atoms with van der Waals surface area (Å²) in [7, 11) is -1.34. The maximum Gasteiger partial charge on any atom is 0.408 e. The van der Waals surface area contributed by atoms with Gasteiger partial charge < -0.3 is 39.5 Å². The summed E-state index contributed by atoms with van der Waals surface area (Å²) in [6.45, 7) is 2.77. The SMILES string of the molecule is CCOP(=O)(OCC)C(O)C(O)(CCC(=O)N(C)C)NC(=O)C(CC12CCC(CC1)C2)NC(=O)OCc1cccc(Cl)c1. The normalized spacial score (nSPS) is 22.3. The topological polar surface area (TPSA) is 164 Å². The molecule has 4 N–H and O–H groups in total. The van der Waals surface area contributed by atoms with E-state index in [4.69, 9.17) is 25.4 Å². The van der Waals surface area contributed by atoms with E-state index in [9.17, 15) is 29.2 Å². The molecule has 2 saturated carbocycles. The van der Waals surface area contributed by atoms with Crippen molar-refractivity contribution in [2.24, 2.45) is 11.3 Å². The molecule has 3 unspecified atom stereocenters. The molecule has 0 radical (unpaired) electrons. The minimum absolute atomic E-state index is 0.0882. The summed E-state index contributed by atoms with van der Waals surface area (Å²) in [5.41, 5.74) is -2.11. The third-order valence-corrected chi connectivity index (χ3v) is 10.8. The van der Waals surface area contributed by atoms with Crippen LogP contribution in [0.2, 0.25) is 5.02 Å². The number of alkyl carbamates (subject to hydrolysis) is 1. The standard InChI is InChI=1S/C29H45ClN3O9P/c1-5-41-43(39,42-6-2)26(36)29(38,15-12-24(34)33(3)4)32-25(35)23(18-28-13-10-20(17-28)11-14-28)31-27(37)40-19-21-8-7-9-22(30)16-21/h7-9,16,20,23,26,36,38H,5-6,10-15,17-19H2,1-4H3,(H,31,37)(H,32,35). The van der Waals surface area contributed by atoms with Gasteiger partial charge in [0.15, 0.2) is 5.72 Å². The molecule has 3 atom stereocenters. The lowest BCUT2D eigenvalue weighted by atomic mass is 9.78. The third kappa shape index (κ3) is 9.39. The number of aliphatic hydroxyl groups is 2. The van der Waals surface area contributed by atoms with Crippen LogP contribution in [0.15, 0.2) is 24.3 Å². The Bertz CT molecular complexity index is 1170. The van der Waals surface area contributed by atoms with Crippen molar-refractivity contribution in [2.45, 2.75) is 89.4 Å². The Morgan fingerprint density at radius 2 is 1.84 bits per heavy atom. The zero-order chi connectivity index (χ0) is 31.8. The molecule has 1 aromatic carbocycles. The second kappa shape index (κ2) is 15.2.